The predicted molar refractivity (Wildman–Crippen MR) is 83.6 cm³/mol. The molecule has 118 valence electrons. The van der Waals surface area contributed by atoms with Crippen LogP contribution in [0, 0.1) is 5.92 Å². The van der Waals surface area contributed by atoms with E-state index in [0.717, 1.165) is 22.4 Å². The van der Waals surface area contributed by atoms with E-state index in [1.165, 1.54) is 20.0 Å². The molecule has 0 radical (unpaired) electrons. The van der Waals surface area contributed by atoms with Crippen LogP contribution in [0.5, 0.6) is 11.5 Å². The van der Waals surface area contributed by atoms with E-state index in [1.54, 1.807) is 6.07 Å². The zero-order chi connectivity index (χ0) is 15.7. The van der Waals surface area contributed by atoms with Crippen LogP contribution in [0.1, 0.15) is 37.2 Å². The lowest BCUT2D eigenvalue weighted by atomic mass is 10.2. The predicted octanol–water partition coefficient (Wildman–Crippen LogP) is 3.53. The molecule has 1 aliphatic rings. The van der Waals surface area contributed by atoms with Crippen molar-refractivity contribution >= 4 is 16.9 Å². The van der Waals surface area contributed by atoms with Crippen molar-refractivity contribution < 1.29 is 19.0 Å². The molecule has 22 heavy (non-hydrogen) atoms. The van der Waals surface area contributed by atoms with Crippen molar-refractivity contribution in [3.63, 3.8) is 0 Å². The smallest absolute Gasteiger partial charge is 0.354 e. The van der Waals surface area contributed by atoms with Gasteiger partial charge in [-0.15, -0.1) is 0 Å². The van der Waals surface area contributed by atoms with Gasteiger partial charge in [0.25, 0.3) is 0 Å². The highest BCUT2D eigenvalue weighted by Gasteiger charge is 2.23. The highest BCUT2D eigenvalue weighted by atomic mass is 16.5. The van der Waals surface area contributed by atoms with Gasteiger partial charge in [0.15, 0.2) is 0 Å². The first-order valence-electron chi connectivity index (χ1n) is 7.61. The lowest BCUT2D eigenvalue weighted by molar-refractivity contribution is 0.0595. The molecule has 1 heterocycles. The van der Waals surface area contributed by atoms with E-state index in [9.17, 15) is 4.79 Å². The third-order valence-corrected chi connectivity index (χ3v) is 3.62. The summed E-state index contributed by atoms with van der Waals surface area (Å²) in [6.45, 7) is 4.66. The monoisotopic (exact) mass is 303 g/mol. The van der Waals surface area contributed by atoms with Gasteiger partial charge in [-0.25, -0.2) is 4.79 Å². The summed E-state index contributed by atoms with van der Waals surface area (Å²) in [5.41, 5.74) is 1.22. The van der Waals surface area contributed by atoms with Crippen LogP contribution in [0.2, 0.25) is 0 Å². The summed E-state index contributed by atoms with van der Waals surface area (Å²) in [6, 6.07) is 5.54. The molecule has 2 aromatic rings. The number of fused-ring (bicyclic) bond motifs is 1. The van der Waals surface area contributed by atoms with E-state index >= 15 is 0 Å². The molecule has 5 nitrogen and oxygen atoms in total. The molecule has 0 unspecified atom stereocenters. The van der Waals surface area contributed by atoms with Gasteiger partial charge in [-0.2, -0.15) is 0 Å². The van der Waals surface area contributed by atoms with Crippen molar-refractivity contribution in [1.29, 1.82) is 0 Å². The van der Waals surface area contributed by atoms with Crippen LogP contribution >= 0.6 is 0 Å². The minimum absolute atomic E-state index is 0.0729. The van der Waals surface area contributed by atoms with Gasteiger partial charge in [0.1, 0.15) is 17.2 Å². The summed E-state index contributed by atoms with van der Waals surface area (Å²) in [5.74, 6) is 1.73. The molecule has 0 aliphatic heterocycles. The molecular weight excluding hydrogens is 282 g/mol. The molecule has 3 rings (SSSR count). The molecule has 0 amide bonds. The van der Waals surface area contributed by atoms with Crippen molar-refractivity contribution in [2.45, 2.75) is 32.8 Å². The number of benzene rings is 1. The number of aromatic nitrogens is 1. The number of aromatic amines is 1. The maximum Gasteiger partial charge on any atom is 0.354 e. The first-order chi connectivity index (χ1) is 10.6. The number of rotatable bonds is 6. The van der Waals surface area contributed by atoms with Crippen molar-refractivity contribution in [2.24, 2.45) is 5.92 Å². The topological polar surface area (TPSA) is 60.6 Å². The van der Waals surface area contributed by atoms with E-state index < -0.39 is 5.97 Å². The van der Waals surface area contributed by atoms with Crippen molar-refractivity contribution in [2.75, 3.05) is 13.7 Å². The standard InChI is InChI=1S/C17H21NO4/c1-10(2)22-12-6-14-13(8-15(18-14)17(19)20-3)16(7-12)21-9-11-4-5-11/h6-8,10-11,18H,4-5,9H2,1-3H3. The summed E-state index contributed by atoms with van der Waals surface area (Å²) in [7, 11) is 1.37. The SMILES string of the molecule is COC(=O)c1cc2c(OCC3CC3)cc(OC(C)C)cc2[nH]1. The molecule has 0 bridgehead atoms. The number of carbonyl (C=O) groups excluding carboxylic acids is 1. The lowest BCUT2D eigenvalue weighted by Gasteiger charge is -2.13. The van der Waals surface area contributed by atoms with Crippen LogP contribution in [0.4, 0.5) is 0 Å². The second-order valence-electron chi connectivity index (χ2n) is 5.98. The Kier molecular flexibility index (Phi) is 3.96. The second-order valence-corrected chi connectivity index (χ2v) is 5.98. The molecule has 1 saturated carbocycles. The largest absolute Gasteiger partial charge is 0.492 e. The minimum atomic E-state index is -0.393. The van der Waals surface area contributed by atoms with Gasteiger partial charge in [0, 0.05) is 17.5 Å². The van der Waals surface area contributed by atoms with E-state index in [1.807, 2.05) is 26.0 Å². The van der Waals surface area contributed by atoms with E-state index in [-0.39, 0.29) is 6.10 Å². The molecule has 1 fully saturated rings. The zero-order valence-corrected chi connectivity index (χ0v) is 13.1. The van der Waals surface area contributed by atoms with Crippen LogP contribution in [-0.4, -0.2) is 30.8 Å². The number of hydrogen-bond acceptors (Lipinski definition) is 4. The maximum atomic E-state index is 11.7. The molecule has 1 aromatic heterocycles. The number of nitrogens with one attached hydrogen (secondary N) is 1. The summed E-state index contributed by atoms with van der Waals surface area (Å²) in [5, 5.41) is 0.872. The molecule has 1 aliphatic carbocycles. The summed E-state index contributed by atoms with van der Waals surface area (Å²) in [4.78, 5) is 14.8. The third-order valence-electron chi connectivity index (χ3n) is 3.62. The van der Waals surface area contributed by atoms with E-state index in [2.05, 4.69) is 4.98 Å². The Hall–Kier alpha value is -2.17. The number of ether oxygens (including phenoxy) is 3. The number of hydrogen-bond donors (Lipinski definition) is 1. The van der Waals surface area contributed by atoms with Crippen LogP contribution in [0.25, 0.3) is 10.9 Å². The minimum Gasteiger partial charge on any atom is -0.492 e. The Morgan fingerprint density at radius 1 is 1.32 bits per heavy atom. The Morgan fingerprint density at radius 2 is 2.09 bits per heavy atom. The van der Waals surface area contributed by atoms with E-state index in [0.29, 0.717) is 18.2 Å². The number of esters is 1. The van der Waals surface area contributed by atoms with Crippen LogP contribution < -0.4 is 9.47 Å². The fraction of sp³-hybridized carbons (Fsp3) is 0.471. The van der Waals surface area contributed by atoms with Crippen molar-refractivity contribution in [3.8, 4) is 11.5 Å². The Morgan fingerprint density at radius 3 is 2.73 bits per heavy atom. The van der Waals surface area contributed by atoms with Gasteiger partial charge >= 0.3 is 5.97 Å². The fourth-order valence-corrected chi connectivity index (χ4v) is 2.35. The first kappa shape index (κ1) is 14.8. The second kappa shape index (κ2) is 5.91. The summed E-state index contributed by atoms with van der Waals surface area (Å²) >= 11 is 0. The average molecular weight is 303 g/mol. The number of methoxy groups -OCH3 is 1. The van der Waals surface area contributed by atoms with Crippen molar-refractivity contribution in [3.05, 3.63) is 23.9 Å². The first-order valence-corrected chi connectivity index (χ1v) is 7.61. The molecule has 0 saturated heterocycles. The molecular formula is C17H21NO4. The van der Waals surface area contributed by atoms with Gasteiger partial charge < -0.3 is 19.2 Å². The number of H-pyrrole nitrogens is 1. The molecule has 1 N–H and O–H groups in total. The van der Waals surface area contributed by atoms with E-state index in [4.69, 9.17) is 14.2 Å². The normalized spacial score (nSPS) is 14.4. The van der Waals surface area contributed by atoms with Gasteiger partial charge in [-0.1, -0.05) is 0 Å². The van der Waals surface area contributed by atoms with Gasteiger partial charge in [0.2, 0.25) is 0 Å². The Labute approximate surface area is 129 Å². The fourth-order valence-electron chi connectivity index (χ4n) is 2.35. The average Bonchev–Trinajstić information content (AvgIpc) is 3.20. The van der Waals surface area contributed by atoms with Crippen LogP contribution in [0.15, 0.2) is 18.2 Å². The molecule has 0 spiro atoms. The Balaban J connectivity index is 1.98. The van der Waals surface area contributed by atoms with Gasteiger partial charge in [0.05, 0.1) is 25.3 Å². The summed E-state index contributed by atoms with van der Waals surface area (Å²) < 4.78 is 16.5. The van der Waals surface area contributed by atoms with Crippen LogP contribution in [-0.2, 0) is 4.74 Å². The van der Waals surface area contributed by atoms with Gasteiger partial charge in [-0.05, 0) is 38.7 Å². The maximum absolute atomic E-state index is 11.7. The van der Waals surface area contributed by atoms with Gasteiger partial charge in [-0.3, -0.25) is 0 Å². The summed E-state index contributed by atoms with van der Waals surface area (Å²) in [6.07, 6.45) is 2.53. The van der Waals surface area contributed by atoms with Crippen molar-refractivity contribution in [1.82, 2.24) is 4.98 Å². The Bertz CT molecular complexity index is 685. The molecule has 5 heteroatoms. The van der Waals surface area contributed by atoms with Crippen LogP contribution in [0.3, 0.4) is 0 Å². The quantitative estimate of drug-likeness (QED) is 0.829. The highest BCUT2D eigenvalue weighted by molar-refractivity contribution is 5.97. The highest BCUT2D eigenvalue weighted by Crippen LogP contribution is 2.35. The lowest BCUT2D eigenvalue weighted by Crippen LogP contribution is -2.06. The third kappa shape index (κ3) is 3.18. The molecule has 1 aromatic carbocycles. The zero-order valence-electron chi connectivity index (χ0n) is 13.1. The molecule has 0 atom stereocenters. The number of carbonyl (C=O) groups is 1.